The Balaban J connectivity index is 1.68. The molecule has 2 aliphatic heterocycles. The Kier molecular flexibility index (Phi) is 4.47. The van der Waals surface area contributed by atoms with E-state index in [9.17, 15) is 9.59 Å². The van der Waals surface area contributed by atoms with E-state index in [2.05, 4.69) is 11.8 Å². The number of fused-ring (bicyclic) bond motifs is 1. The average molecular weight is 306 g/mol. The lowest BCUT2D eigenvalue weighted by Gasteiger charge is -2.46. The highest BCUT2D eigenvalue weighted by Crippen LogP contribution is 2.39. The molecule has 0 aromatic rings. The molecule has 1 saturated carbocycles. The van der Waals surface area contributed by atoms with Crippen LogP contribution in [0, 0.1) is 17.8 Å². The summed E-state index contributed by atoms with van der Waals surface area (Å²) in [5.41, 5.74) is 0. The number of carbonyl (C=O) groups excluding carboxylic acids is 2. The van der Waals surface area contributed by atoms with Crippen molar-refractivity contribution in [1.82, 2.24) is 9.80 Å². The van der Waals surface area contributed by atoms with Crippen molar-refractivity contribution in [3.8, 4) is 0 Å². The second kappa shape index (κ2) is 6.21. The maximum atomic E-state index is 13.0. The molecule has 0 unspecified atom stereocenters. The van der Waals surface area contributed by atoms with Crippen LogP contribution in [-0.4, -0.2) is 46.8 Å². The fourth-order valence-corrected chi connectivity index (χ4v) is 4.80. The lowest BCUT2D eigenvalue weighted by molar-refractivity contribution is -0.142. The molecule has 2 heterocycles. The van der Waals surface area contributed by atoms with E-state index in [0.29, 0.717) is 24.9 Å². The first-order chi connectivity index (χ1) is 10.5. The first kappa shape index (κ1) is 15.8. The number of carbonyl (C=O) groups is 2. The minimum atomic E-state index is -0.104. The molecule has 0 spiro atoms. The number of likely N-dealkylation sites (tertiary alicyclic amines) is 2. The van der Waals surface area contributed by atoms with Gasteiger partial charge in [-0.25, -0.2) is 0 Å². The van der Waals surface area contributed by atoms with Gasteiger partial charge in [0, 0.05) is 31.6 Å². The third-order valence-electron chi connectivity index (χ3n) is 5.99. The summed E-state index contributed by atoms with van der Waals surface area (Å²) >= 11 is 0. The Bertz CT molecular complexity index is 448. The Morgan fingerprint density at radius 2 is 2.00 bits per heavy atom. The van der Waals surface area contributed by atoms with Gasteiger partial charge in [-0.2, -0.15) is 0 Å². The lowest BCUT2D eigenvalue weighted by atomic mass is 9.74. The van der Waals surface area contributed by atoms with Crippen molar-refractivity contribution < 1.29 is 9.59 Å². The Hall–Kier alpha value is -1.06. The predicted molar refractivity (Wildman–Crippen MR) is 86.2 cm³/mol. The second-order valence-electron chi connectivity index (χ2n) is 7.96. The first-order valence-corrected chi connectivity index (χ1v) is 9.07. The monoisotopic (exact) mass is 306 g/mol. The molecule has 4 nitrogen and oxygen atoms in total. The van der Waals surface area contributed by atoms with E-state index in [-0.39, 0.29) is 23.8 Å². The zero-order chi connectivity index (χ0) is 15.9. The van der Waals surface area contributed by atoms with Crippen LogP contribution in [0.25, 0.3) is 0 Å². The quantitative estimate of drug-likeness (QED) is 0.787. The Morgan fingerprint density at radius 1 is 1.23 bits per heavy atom. The highest BCUT2D eigenvalue weighted by Gasteiger charge is 2.43. The van der Waals surface area contributed by atoms with Crippen LogP contribution in [-0.2, 0) is 9.59 Å². The third-order valence-corrected chi connectivity index (χ3v) is 5.99. The van der Waals surface area contributed by atoms with Crippen LogP contribution in [0.5, 0.6) is 0 Å². The van der Waals surface area contributed by atoms with Crippen LogP contribution < -0.4 is 0 Å². The average Bonchev–Trinajstić information content (AvgIpc) is 2.87. The van der Waals surface area contributed by atoms with Gasteiger partial charge in [-0.1, -0.05) is 6.92 Å². The maximum Gasteiger partial charge on any atom is 0.228 e. The van der Waals surface area contributed by atoms with E-state index in [1.54, 1.807) is 0 Å². The fraction of sp³-hybridized carbons (Fsp3) is 0.889. The molecule has 0 N–H and O–H groups in total. The molecule has 4 heteroatoms. The smallest absolute Gasteiger partial charge is 0.228 e. The SMILES string of the molecule is CC(C)N1C[C@H](C(=O)N2CCC[C@H]3C[C@H](C)CC[C@H]32)CC1=O. The van der Waals surface area contributed by atoms with E-state index in [1.165, 1.54) is 19.3 Å². The molecule has 0 bridgehead atoms. The summed E-state index contributed by atoms with van der Waals surface area (Å²) in [6, 6.07) is 0.649. The van der Waals surface area contributed by atoms with Gasteiger partial charge in [-0.3, -0.25) is 9.59 Å². The summed E-state index contributed by atoms with van der Waals surface area (Å²) in [5.74, 6) is 1.80. The summed E-state index contributed by atoms with van der Waals surface area (Å²) in [5, 5.41) is 0. The molecule has 2 saturated heterocycles. The molecule has 3 fully saturated rings. The van der Waals surface area contributed by atoms with Gasteiger partial charge in [0.2, 0.25) is 11.8 Å². The van der Waals surface area contributed by atoms with E-state index in [0.717, 1.165) is 25.3 Å². The summed E-state index contributed by atoms with van der Waals surface area (Å²) in [7, 11) is 0. The van der Waals surface area contributed by atoms with Crippen molar-refractivity contribution in [3.05, 3.63) is 0 Å². The molecule has 4 atom stereocenters. The Labute approximate surface area is 134 Å². The van der Waals surface area contributed by atoms with E-state index in [1.807, 2.05) is 18.7 Å². The summed E-state index contributed by atoms with van der Waals surface area (Å²) < 4.78 is 0. The van der Waals surface area contributed by atoms with Crippen molar-refractivity contribution in [2.75, 3.05) is 13.1 Å². The molecular weight excluding hydrogens is 276 g/mol. The molecular formula is C18H30N2O2. The molecule has 0 aromatic heterocycles. The number of piperidine rings is 1. The van der Waals surface area contributed by atoms with Crippen LogP contribution in [0.15, 0.2) is 0 Å². The largest absolute Gasteiger partial charge is 0.339 e. The first-order valence-electron chi connectivity index (χ1n) is 9.07. The van der Waals surface area contributed by atoms with Gasteiger partial charge in [0.25, 0.3) is 0 Å². The van der Waals surface area contributed by atoms with E-state index < -0.39 is 0 Å². The number of nitrogens with zero attached hydrogens (tertiary/aromatic N) is 2. The van der Waals surface area contributed by atoms with Gasteiger partial charge in [0.05, 0.1) is 5.92 Å². The van der Waals surface area contributed by atoms with Gasteiger partial charge >= 0.3 is 0 Å². The normalized spacial score (nSPS) is 35.9. The van der Waals surface area contributed by atoms with Crippen molar-refractivity contribution in [3.63, 3.8) is 0 Å². The number of rotatable bonds is 2. The van der Waals surface area contributed by atoms with Gasteiger partial charge in [-0.05, 0) is 57.8 Å². The number of hydrogen-bond acceptors (Lipinski definition) is 2. The van der Waals surface area contributed by atoms with Gasteiger partial charge in [-0.15, -0.1) is 0 Å². The highest BCUT2D eigenvalue weighted by molar-refractivity contribution is 5.89. The zero-order valence-corrected chi connectivity index (χ0v) is 14.3. The summed E-state index contributed by atoms with van der Waals surface area (Å²) in [4.78, 5) is 29.1. The number of hydrogen-bond donors (Lipinski definition) is 0. The summed E-state index contributed by atoms with van der Waals surface area (Å²) in [6.45, 7) is 7.93. The van der Waals surface area contributed by atoms with Crippen molar-refractivity contribution in [2.24, 2.45) is 17.8 Å². The van der Waals surface area contributed by atoms with Gasteiger partial charge in [0.15, 0.2) is 0 Å². The van der Waals surface area contributed by atoms with Crippen LogP contribution in [0.3, 0.4) is 0 Å². The minimum Gasteiger partial charge on any atom is -0.339 e. The van der Waals surface area contributed by atoms with Crippen LogP contribution in [0.1, 0.15) is 59.3 Å². The Morgan fingerprint density at radius 3 is 2.68 bits per heavy atom. The predicted octanol–water partition coefficient (Wildman–Crippen LogP) is 2.67. The highest BCUT2D eigenvalue weighted by atomic mass is 16.2. The van der Waals surface area contributed by atoms with Crippen LogP contribution in [0.2, 0.25) is 0 Å². The number of amides is 2. The van der Waals surface area contributed by atoms with Crippen LogP contribution >= 0.6 is 0 Å². The molecule has 0 aromatic carbocycles. The second-order valence-corrected chi connectivity index (χ2v) is 7.96. The van der Waals surface area contributed by atoms with E-state index in [4.69, 9.17) is 0 Å². The molecule has 3 rings (SSSR count). The maximum absolute atomic E-state index is 13.0. The van der Waals surface area contributed by atoms with Crippen molar-refractivity contribution in [1.29, 1.82) is 0 Å². The van der Waals surface area contributed by atoms with Gasteiger partial charge < -0.3 is 9.80 Å². The molecule has 0 radical (unpaired) electrons. The van der Waals surface area contributed by atoms with Crippen LogP contribution in [0.4, 0.5) is 0 Å². The standard InChI is InChI=1S/C18H30N2O2/c1-12(2)20-11-15(10-17(20)21)18(22)19-8-4-5-14-9-13(3)6-7-16(14)19/h12-16H,4-11H2,1-3H3/t13-,14+,15-,16-/m1/s1. The molecule has 2 amide bonds. The van der Waals surface area contributed by atoms with E-state index >= 15 is 0 Å². The minimum absolute atomic E-state index is 0.104. The molecule has 22 heavy (non-hydrogen) atoms. The zero-order valence-electron chi connectivity index (χ0n) is 14.3. The molecule has 3 aliphatic rings. The lowest BCUT2D eigenvalue weighted by Crippen LogP contribution is -2.52. The summed E-state index contributed by atoms with van der Waals surface area (Å²) in [6.07, 6.45) is 6.50. The fourth-order valence-electron chi connectivity index (χ4n) is 4.80. The van der Waals surface area contributed by atoms with Crippen molar-refractivity contribution in [2.45, 2.75) is 71.4 Å². The van der Waals surface area contributed by atoms with Crippen molar-refractivity contribution >= 4 is 11.8 Å². The van der Waals surface area contributed by atoms with Gasteiger partial charge in [0.1, 0.15) is 0 Å². The molecule has 124 valence electrons. The molecule has 1 aliphatic carbocycles. The topological polar surface area (TPSA) is 40.6 Å². The third kappa shape index (κ3) is 2.89.